The number of carbonyl (C=O) groups excluding carboxylic acids is 1. The van der Waals surface area contributed by atoms with Crippen molar-refractivity contribution in [3.63, 3.8) is 0 Å². The first-order valence-corrected chi connectivity index (χ1v) is 6.19. The maximum absolute atomic E-state index is 11.8. The average Bonchev–Trinajstić information content (AvgIpc) is 2.33. The molecular formula is C13H22N2O3. The SMILES string of the molecule is C#CCN(CCC)C(=O)NCC(C)CCC(=O)O. The maximum atomic E-state index is 11.8. The van der Waals surface area contributed by atoms with Crippen molar-refractivity contribution in [1.29, 1.82) is 0 Å². The second-order valence-electron chi connectivity index (χ2n) is 4.35. The van der Waals surface area contributed by atoms with E-state index in [-0.39, 0.29) is 18.4 Å². The molecule has 0 aromatic rings. The molecule has 102 valence electrons. The third-order valence-corrected chi connectivity index (χ3v) is 2.52. The molecule has 0 aromatic carbocycles. The van der Waals surface area contributed by atoms with E-state index in [9.17, 15) is 9.59 Å². The van der Waals surface area contributed by atoms with Crippen LogP contribution in [-0.2, 0) is 4.79 Å². The number of aliphatic carboxylic acids is 1. The minimum Gasteiger partial charge on any atom is -0.481 e. The van der Waals surface area contributed by atoms with Crippen LogP contribution in [-0.4, -0.2) is 41.6 Å². The van der Waals surface area contributed by atoms with Crippen molar-refractivity contribution in [2.45, 2.75) is 33.1 Å². The number of carboxylic acids is 1. The standard InChI is InChI=1S/C13H22N2O3/c1-4-8-15(9-5-2)13(18)14-10-11(3)6-7-12(16)17/h1,11H,5-10H2,2-3H3,(H,14,18)(H,16,17). The van der Waals surface area contributed by atoms with Crippen LogP contribution >= 0.6 is 0 Å². The average molecular weight is 254 g/mol. The van der Waals surface area contributed by atoms with Crippen LogP contribution in [0.5, 0.6) is 0 Å². The number of nitrogens with zero attached hydrogens (tertiary/aromatic N) is 1. The van der Waals surface area contributed by atoms with Gasteiger partial charge in [-0.2, -0.15) is 0 Å². The van der Waals surface area contributed by atoms with Crippen LogP contribution in [0.2, 0.25) is 0 Å². The molecule has 0 saturated carbocycles. The van der Waals surface area contributed by atoms with Gasteiger partial charge in [-0.1, -0.05) is 19.8 Å². The molecule has 18 heavy (non-hydrogen) atoms. The monoisotopic (exact) mass is 254 g/mol. The van der Waals surface area contributed by atoms with Crippen molar-refractivity contribution < 1.29 is 14.7 Å². The second kappa shape index (κ2) is 9.34. The highest BCUT2D eigenvalue weighted by Crippen LogP contribution is 2.04. The zero-order valence-corrected chi connectivity index (χ0v) is 11.1. The second-order valence-corrected chi connectivity index (χ2v) is 4.35. The van der Waals surface area contributed by atoms with E-state index < -0.39 is 5.97 Å². The normalized spacial score (nSPS) is 11.4. The molecule has 1 unspecified atom stereocenters. The van der Waals surface area contributed by atoms with Gasteiger partial charge in [0.05, 0.1) is 6.54 Å². The summed E-state index contributed by atoms with van der Waals surface area (Å²) in [5.41, 5.74) is 0. The van der Waals surface area contributed by atoms with Crippen LogP contribution in [0, 0.1) is 18.3 Å². The van der Waals surface area contributed by atoms with Crippen molar-refractivity contribution >= 4 is 12.0 Å². The number of urea groups is 1. The fourth-order valence-electron chi connectivity index (χ4n) is 1.48. The molecule has 1 atom stereocenters. The van der Waals surface area contributed by atoms with Crippen molar-refractivity contribution in [3.05, 3.63) is 0 Å². The lowest BCUT2D eigenvalue weighted by Gasteiger charge is -2.21. The number of rotatable bonds is 8. The fraction of sp³-hybridized carbons (Fsp3) is 0.692. The lowest BCUT2D eigenvalue weighted by molar-refractivity contribution is -0.137. The van der Waals surface area contributed by atoms with E-state index in [1.54, 1.807) is 4.90 Å². The van der Waals surface area contributed by atoms with Crippen molar-refractivity contribution in [3.8, 4) is 12.3 Å². The molecule has 0 aliphatic heterocycles. The highest BCUT2D eigenvalue weighted by Gasteiger charge is 2.12. The summed E-state index contributed by atoms with van der Waals surface area (Å²) in [6.07, 6.45) is 6.73. The third-order valence-electron chi connectivity index (χ3n) is 2.52. The van der Waals surface area contributed by atoms with Crippen LogP contribution in [0.25, 0.3) is 0 Å². The Morgan fingerprint density at radius 1 is 1.50 bits per heavy atom. The molecule has 0 aromatic heterocycles. The van der Waals surface area contributed by atoms with E-state index in [4.69, 9.17) is 11.5 Å². The molecule has 5 nitrogen and oxygen atoms in total. The number of hydrogen-bond donors (Lipinski definition) is 2. The Morgan fingerprint density at radius 3 is 2.67 bits per heavy atom. The van der Waals surface area contributed by atoms with Gasteiger partial charge in [0.1, 0.15) is 0 Å². The molecule has 0 heterocycles. The number of carbonyl (C=O) groups is 2. The first kappa shape index (κ1) is 16.3. The van der Waals surface area contributed by atoms with Gasteiger partial charge < -0.3 is 15.3 Å². The molecule has 0 bridgehead atoms. The van der Waals surface area contributed by atoms with E-state index in [0.29, 0.717) is 26.1 Å². The highest BCUT2D eigenvalue weighted by molar-refractivity contribution is 5.74. The summed E-state index contributed by atoms with van der Waals surface area (Å²) in [6.45, 7) is 5.28. The molecule has 2 N–H and O–H groups in total. The Hall–Kier alpha value is -1.70. The first-order chi connectivity index (χ1) is 8.51. The van der Waals surface area contributed by atoms with E-state index in [0.717, 1.165) is 6.42 Å². The van der Waals surface area contributed by atoms with Crippen LogP contribution in [0.4, 0.5) is 4.79 Å². The number of nitrogens with one attached hydrogen (secondary N) is 1. The summed E-state index contributed by atoms with van der Waals surface area (Å²) in [6, 6.07) is -0.183. The van der Waals surface area contributed by atoms with Gasteiger partial charge in [-0.25, -0.2) is 4.79 Å². The van der Waals surface area contributed by atoms with Crippen molar-refractivity contribution in [2.24, 2.45) is 5.92 Å². The van der Waals surface area contributed by atoms with Crippen LogP contribution in [0.15, 0.2) is 0 Å². The first-order valence-electron chi connectivity index (χ1n) is 6.19. The molecule has 0 aliphatic rings. The lowest BCUT2D eigenvalue weighted by atomic mass is 10.1. The predicted molar refractivity (Wildman–Crippen MR) is 70.1 cm³/mol. The van der Waals surface area contributed by atoms with Crippen molar-refractivity contribution in [1.82, 2.24) is 10.2 Å². The maximum Gasteiger partial charge on any atom is 0.318 e. The Balaban J connectivity index is 3.98. The number of terminal acetylenes is 1. The van der Waals surface area contributed by atoms with E-state index in [2.05, 4.69) is 11.2 Å². The summed E-state index contributed by atoms with van der Waals surface area (Å²) >= 11 is 0. The van der Waals surface area contributed by atoms with Crippen molar-refractivity contribution in [2.75, 3.05) is 19.6 Å². The molecule has 5 heteroatoms. The number of hydrogen-bond acceptors (Lipinski definition) is 2. The van der Waals surface area contributed by atoms with Gasteiger partial charge in [0.25, 0.3) is 0 Å². The lowest BCUT2D eigenvalue weighted by Crippen LogP contribution is -2.42. The fourth-order valence-corrected chi connectivity index (χ4v) is 1.48. The molecule has 0 saturated heterocycles. The number of carboxylic acid groups (broad SMARTS) is 1. The van der Waals surface area contributed by atoms with Gasteiger partial charge in [-0.05, 0) is 18.8 Å². The van der Waals surface area contributed by atoms with E-state index in [1.165, 1.54) is 0 Å². The molecule has 2 amide bonds. The molecule has 0 rings (SSSR count). The van der Waals surface area contributed by atoms with E-state index >= 15 is 0 Å². The summed E-state index contributed by atoms with van der Waals surface area (Å²) in [5, 5.41) is 11.3. The van der Waals surface area contributed by atoms with Gasteiger partial charge in [0.15, 0.2) is 0 Å². The van der Waals surface area contributed by atoms with Gasteiger partial charge >= 0.3 is 12.0 Å². The zero-order chi connectivity index (χ0) is 14.0. The summed E-state index contributed by atoms with van der Waals surface area (Å²) in [7, 11) is 0. The third kappa shape index (κ3) is 7.55. The Labute approximate surface area is 109 Å². The Kier molecular flexibility index (Phi) is 8.46. The largest absolute Gasteiger partial charge is 0.481 e. The van der Waals surface area contributed by atoms with Gasteiger partial charge in [-0.3, -0.25) is 4.79 Å². The Bertz CT molecular complexity index is 310. The van der Waals surface area contributed by atoms with Gasteiger partial charge in [0.2, 0.25) is 0 Å². The minimum absolute atomic E-state index is 0.125. The van der Waals surface area contributed by atoms with Crippen LogP contribution < -0.4 is 5.32 Å². The molecule has 0 fully saturated rings. The minimum atomic E-state index is -0.812. The van der Waals surface area contributed by atoms with Gasteiger partial charge in [0, 0.05) is 19.5 Å². The smallest absolute Gasteiger partial charge is 0.318 e. The quantitative estimate of drug-likeness (QED) is 0.646. The Morgan fingerprint density at radius 2 is 2.17 bits per heavy atom. The number of amides is 2. The molecular weight excluding hydrogens is 232 g/mol. The summed E-state index contributed by atoms with van der Waals surface area (Å²) in [4.78, 5) is 23.7. The summed E-state index contributed by atoms with van der Waals surface area (Å²) < 4.78 is 0. The van der Waals surface area contributed by atoms with Crippen LogP contribution in [0.1, 0.15) is 33.1 Å². The highest BCUT2D eigenvalue weighted by atomic mass is 16.4. The van der Waals surface area contributed by atoms with Crippen LogP contribution in [0.3, 0.4) is 0 Å². The molecule has 0 spiro atoms. The van der Waals surface area contributed by atoms with E-state index in [1.807, 2.05) is 13.8 Å². The topological polar surface area (TPSA) is 69.6 Å². The summed E-state index contributed by atoms with van der Waals surface area (Å²) in [5.74, 6) is 1.77. The van der Waals surface area contributed by atoms with Gasteiger partial charge in [-0.15, -0.1) is 6.42 Å². The zero-order valence-electron chi connectivity index (χ0n) is 11.1. The predicted octanol–water partition coefficient (Wildman–Crippen LogP) is 1.54. The molecule has 0 aliphatic carbocycles. The molecule has 0 radical (unpaired) electrons.